The van der Waals surface area contributed by atoms with Gasteiger partial charge in [-0.3, -0.25) is 0 Å². The topological polar surface area (TPSA) is 97.9 Å². The Morgan fingerprint density at radius 1 is 1.15 bits per heavy atom. The van der Waals surface area contributed by atoms with Gasteiger partial charge in [0.15, 0.2) is 0 Å². The summed E-state index contributed by atoms with van der Waals surface area (Å²) in [7, 11) is 0. The Balaban J connectivity index is 2.34. The number of allylic oxidation sites excluding steroid dienone is 1. The number of nitrogens with one attached hydrogen (secondary N) is 2. The molecule has 0 aliphatic rings. The van der Waals surface area contributed by atoms with Gasteiger partial charge in [-0.05, 0) is 37.6 Å². The third-order valence-corrected chi connectivity index (χ3v) is 3.82. The van der Waals surface area contributed by atoms with Gasteiger partial charge in [0.1, 0.15) is 17.7 Å². The van der Waals surface area contributed by atoms with Crippen LogP contribution in [0, 0.1) is 22.7 Å². The number of nitriles is 2. The second-order valence-electron chi connectivity index (χ2n) is 5.68. The number of nitrogens with zero attached hydrogens (tertiary/aromatic N) is 2. The van der Waals surface area contributed by atoms with E-state index in [1.54, 1.807) is 37.3 Å². The van der Waals surface area contributed by atoms with Crippen LogP contribution in [-0.4, -0.2) is 12.6 Å². The zero-order valence-corrected chi connectivity index (χ0v) is 15.2. The van der Waals surface area contributed by atoms with E-state index in [9.17, 15) is 4.79 Å². The molecule has 1 unspecified atom stereocenters. The molecule has 2 rings (SSSR count). The van der Waals surface area contributed by atoms with Gasteiger partial charge in [0.25, 0.3) is 0 Å². The van der Waals surface area contributed by atoms with E-state index in [-0.39, 0.29) is 18.2 Å². The van der Waals surface area contributed by atoms with Gasteiger partial charge < -0.3 is 15.4 Å². The summed E-state index contributed by atoms with van der Waals surface area (Å²) in [5, 5.41) is 24.1. The van der Waals surface area contributed by atoms with Crippen molar-refractivity contribution in [3.05, 3.63) is 71.4 Å². The number of carbonyl (C=O) groups is 1. The van der Waals surface area contributed by atoms with E-state index in [0.717, 1.165) is 11.3 Å². The first kappa shape index (κ1) is 19.6. The fraction of sp³-hybridized carbons (Fsp3) is 0.190. The molecule has 136 valence electrons. The Kier molecular flexibility index (Phi) is 6.99. The number of hydrogen-bond donors (Lipinski definition) is 2. The van der Waals surface area contributed by atoms with Crippen LogP contribution in [0.1, 0.15) is 35.8 Å². The number of carbonyl (C=O) groups excluding carboxylic acids is 1. The molecule has 0 aliphatic heterocycles. The van der Waals surface area contributed by atoms with E-state index < -0.39 is 5.97 Å². The van der Waals surface area contributed by atoms with E-state index >= 15 is 0 Å². The van der Waals surface area contributed by atoms with E-state index in [4.69, 9.17) is 15.3 Å². The van der Waals surface area contributed by atoms with Gasteiger partial charge in [0.2, 0.25) is 0 Å². The molecule has 27 heavy (non-hydrogen) atoms. The highest BCUT2D eigenvalue weighted by atomic mass is 16.5. The van der Waals surface area contributed by atoms with Crippen LogP contribution in [-0.2, 0) is 4.74 Å². The molecule has 0 saturated carbocycles. The molecule has 1 atom stereocenters. The van der Waals surface area contributed by atoms with Crippen LogP contribution in [0.25, 0.3) is 0 Å². The number of anilines is 2. The zero-order chi connectivity index (χ0) is 19.6. The van der Waals surface area contributed by atoms with Gasteiger partial charge in [-0.1, -0.05) is 30.3 Å². The largest absolute Gasteiger partial charge is 0.462 e. The van der Waals surface area contributed by atoms with E-state index in [0.29, 0.717) is 11.3 Å². The monoisotopic (exact) mass is 360 g/mol. The molecule has 2 aromatic carbocycles. The van der Waals surface area contributed by atoms with Gasteiger partial charge in [-0.25, -0.2) is 4.79 Å². The summed E-state index contributed by atoms with van der Waals surface area (Å²) in [5.74, 6) is -0.437. The Labute approximate surface area is 158 Å². The minimum absolute atomic E-state index is 0.00979. The maximum atomic E-state index is 12.0. The standard InChI is InChI=1S/C21H20N4O2/c1-3-27-21(26)18-9-10-19(20(11-18)24-14-16(12-22)13-23)25-15(2)17-7-5-4-6-8-17/h4-11,14-15,24-25H,3H2,1-2H3. The van der Waals surface area contributed by atoms with Gasteiger partial charge in [-0.15, -0.1) is 0 Å². The van der Waals surface area contributed by atoms with Crippen molar-refractivity contribution in [2.45, 2.75) is 19.9 Å². The minimum atomic E-state index is -0.437. The predicted molar refractivity (Wildman–Crippen MR) is 104 cm³/mol. The molecule has 2 aromatic rings. The number of rotatable bonds is 7. The van der Waals surface area contributed by atoms with Crippen molar-refractivity contribution < 1.29 is 9.53 Å². The molecular formula is C21H20N4O2. The first-order valence-corrected chi connectivity index (χ1v) is 8.48. The lowest BCUT2D eigenvalue weighted by atomic mass is 10.1. The highest BCUT2D eigenvalue weighted by Crippen LogP contribution is 2.28. The summed E-state index contributed by atoms with van der Waals surface area (Å²) in [6.07, 6.45) is 1.31. The average Bonchev–Trinajstić information content (AvgIpc) is 2.70. The first-order valence-electron chi connectivity index (χ1n) is 8.48. The minimum Gasteiger partial charge on any atom is -0.462 e. The van der Waals surface area contributed by atoms with Gasteiger partial charge in [0, 0.05) is 12.2 Å². The van der Waals surface area contributed by atoms with Crippen LogP contribution in [0.3, 0.4) is 0 Å². The summed E-state index contributed by atoms with van der Waals surface area (Å²) < 4.78 is 5.03. The summed E-state index contributed by atoms with van der Waals surface area (Å²) in [6.45, 7) is 4.03. The van der Waals surface area contributed by atoms with Gasteiger partial charge >= 0.3 is 5.97 Å². The van der Waals surface area contributed by atoms with Gasteiger partial charge in [0.05, 0.1) is 23.5 Å². The predicted octanol–water partition coefficient (Wildman–Crippen LogP) is 4.38. The lowest BCUT2D eigenvalue weighted by Crippen LogP contribution is -2.10. The molecule has 0 amide bonds. The SMILES string of the molecule is CCOC(=O)c1ccc(NC(C)c2ccccc2)c(NC=C(C#N)C#N)c1. The summed E-state index contributed by atoms with van der Waals surface area (Å²) in [5.41, 5.74) is 2.69. The lowest BCUT2D eigenvalue weighted by molar-refractivity contribution is 0.0526. The summed E-state index contributed by atoms with van der Waals surface area (Å²) in [4.78, 5) is 12.0. The Hall–Kier alpha value is -3.77. The van der Waals surface area contributed by atoms with E-state index in [1.165, 1.54) is 6.20 Å². The number of ether oxygens (including phenoxy) is 1. The van der Waals surface area contributed by atoms with Crippen LogP contribution in [0.5, 0.6) is 0 Å². The van der Waals surface area contributed by atoms with Crippen LogP contribution in [0.15, 0.2) is 60.3 Å². The third kappa shape index (κ3) is 5.35. The van der Waals surface area contributed by atoms with Crippen molar-refractivity contribution >= 4 is 17.3 Å². The molecule has 0 spiro atoms. The molecule has 0 aromatic heterocycles. The quantitative estimate of drug-likeness (QED) is 0.562. The van der Waals surface area contributed by atoms with E-state index in [1.807, 2.05) is 37.3 Å². The second kappa shape index (κ2) is 9.65. The molecule has 0 bridgehead atoms. The molecule has 0 aliphatic carbocycles. The van der Waals surface area contributed by atoms with Gasteiger partial charge in [-0.2, -0.15) is 10.5 Å². The van der Waals surface area contributed by atoms with Crippen molar-refractivity contribution in [3.8, 4) is 12.1 Å². The summed E-state index contributed by atoms with van der Waals surface area (Å²) >= 11 is 0. The van der Waals surface area contributed by atoms with Crippen LogP contribution in [0.4, 0.5) is 11.4 Å². The van der Waals surface area contributed by atoms with Crippen LogP contribution >= 0.6 is 0 Å². The number of benzene rings is 2. The fourth-order valence-corrected chi connectivity index (χ4v) is 2.43. The van der Waals surface area contributed by atoms with Crippen molar-refractivity contribution in [2.24, 2.45) is 0 Å². The maximum absolute atomic E-state index is 12.0. The normalized spacial score (nSPS) is 10.7. The molecule has 6 heteroatoms. The molecule has 0 saturated heterocycles. The first-order chi connectivity index (χ1) is 13.1. The van der Waals surface area contributed by atoms with Crippen molar-refractivity contribution in [1.29, 1.82) is 10.5 Å². The second-order valence-corrected chi connectivity index (χ2v) is 5.68. The van der Waals surface area contributed by atoms with Crippen LogP contribution < -0.4 is 10.6 Å². The smallest absolute Gasteiger partial charge is 0.338 e. The molecule has 0 heterocycles. The molecular weight excluding hydrogens is 340 g/mol. The Morgan fingerprint density at radius 3 is 2.48 bits per heavy atom. The molecule has 6 nitrogen and oxygen atoms in total. The van der Waals surface area contributed by atoms with Crippen LogP contribution in [0.2, 0.25) is 0 Å². The van der Waals surface area contributed by atoms with Crippen molar-refractivity contribution in [2.75, 3.05) is 17.2 Å². The zero-order valence-electron chi connectivity index (χ0n) is 15.2. The lowest BCUT2D eigenvalue weighted by Gasteiger charge is -2.19. The number of esters is 1. The highest BCUT2D eigenvalue weighted by Gasteiger charge is 2.13. The van der Waals surface area contributed by atoms with E-state index in [2.05, 4.69) is 10.6 Å². The Morgan fingerprint density at radius 2 is 1.85 bits per heavy atom. The molecule has 0 fully saturated rings. The third-order valence-electron chi connectivity index (χ3n) is 3.82. The number of hydrogen-bond acceptors (Lipinski definition) is 6. The van der Waals surface area contributed by atoms with Crippen molar-refractivity contribution in [1.82, 2.24) is 0 Å². The molecule has 0 radical (unpaired) electrons. The highest BCUT2D eigenvalue weighted by molar-refractivity contribution is 5.92. The maximum Gasteiger partial charge on any atom is 0.338 e. The molecule has 2 N–H and O–H groups in total. The summed E-state index contributed by atoms with van der Waals surface area (Å²) in [6, 6.07) is 18.6. The fourth-order valence-electron chi connectivity index (χ4n) is 2.43. The van der Waals surface area contributed by atoms with Crippen molar-refractivity contribution in [3.63, 3.8) is 0 Å². The Bertz CT molecular complexity index is 892. The average molecular weight is 360 g/mol.